The number of halogens is 1. The van der Waals surface area contributed by atoms with Crippen molar-refractivity contribution in [3.05, 3.63) is 80.9 Å². The van der Waals surface area contributed by atoms with Crippen molar-refractivity contribution in [1.82, 2.24) is 14.5 Å². The molecule has 0 bridgehead atoms. The number of aromatic amines is 1. The number of rotatable bonds is 5. The lowest BCUT2D eigenvalue weighted by Gasteiger charge is -2.23. The fourth-order valence-corrected chi connectivity index (χ4v) is 3.72. The van der Waals surface area contributed by atoms with Gasteiger partial charge >= 0.3 is 11.4 Å². The Labute approximate surface area is 172 Å². The predicted molar refractivity (Wildman–Crippen MR) is 112 cm³/mol. The summed E-state index contributed by atoms with van der Waals surface area (Å²) in [6.45, 7) is 2.92. The van der Waals surface area contributed by atoms with E-state index in [9.17, 15) is 14.0 Å². The molecular weight excluding hydrogens is 387 g/mol. The zero-order valence-electron chi connectivity index (χ0n) is 16.6. The summed E-state index contributed by atoms with van der Waals surface area (Å²) in [4.78, 5) is 31.6. The van der Waals surface area contributed by atoms with Gasteiger partial charge in [-0.25, -0.2) is 18.5 Å². The topological polar surface area (TPSA) is 89.0 Å². The van der Waals surface area contributed by atoms with Crippen molar-refractivity contribution < 1.29 is 9.13 Å². The van der Waals surface area contributed by atoms with E-state index in [2.05, 4.69) is 15.3 Å². The van der Waals surface area contributed by atoms with Gasteiger partial charge in [0.1, 0.15) is 5.82 Å². The summed E-state index contributed by atoms with van der Waals surface area (Å²) in [6, 6.07) is 13.6. The van der Waals surface area contributed by atoms with Crippen molar-refractivity contribution in [2.24, 2.45) is 0 Å². The normalized spacial score (nSPS) is 15.7. The first-order valence-corrected chi connectivity index (χ1v) is 9.95. The summed E-state index contributed by atoms with van der Waals surface area (Å²) >= 11 is 0. The number of ether oxygens (including phenoxy) is 1. The second kappa shape index (κ2) is 8.62. The van der Waals surface area contributed by atoms with Crippen molar-refractivity contribution in [2.45, 2.75) is 31.8 Å². The van der Waals surface area contributed by atoms with E-state index in [1.807, 2.05) is 31.2 Å². The van der Waals surface area contributed by atoms with Gasteiger partial charge in [-0.05, 0) is 43.0 Å². The molecule has 4 rings (SSSR count). The lowest BCUT2D eigenvalue weighted by molar-refractivity contribution is 0.0670. The van der Waals surface area contributed by atoms with E-state index in [1.54, 1.807) is 18.2 Å². The van der Waals surface area contributed by atoms with Crippen molar-refractivity contribution >= 4 is 5.95 Å². The fourth-order valence-electron chi connectivity index (χ4n) is 3.72. The number of anilines is 1. The Morgan fingerprint density at radius 3 is 2.67 bits per heavy atom. The maximum absolute atomic E-state index is 14.1. The van der Waals surface area contributed by atoms with Crippen LogP contribution in [0.15, 0.2) is 58.1 Å². The molecule has 30 heavy (non-hydrogen) atoms. The molecule has 3 aromatic rings. The van der Waals surface area contributed by atoms with Crippen LogP contribution < -0.4 is 16.7 Å². The van der Waals surface area contributed by atoms with Gasteiger partial charge in [0.15, 0.2) is 0 Å². The van der Waals surface area contributed by atoms with Gasteiger partial charge in [0.05, 0.1) is 6.04 Å². The molecule has 0 unspecified atom stereocenters. The van der Waals surface area contributed by atoms with Crippen LogP contribution >= 0.6 is 0 Å². The zero-order chi connectivity index (χ0) is 21.1. The number of aromatic nitrogens is 3. The molecule has 1 saturated heterocycles. The minimum absolute atomic E-state index is 0.108. The third kappa shape index (κ3) is 4.18. The van der Waals surface area contributed by atoms with E-state index in [4.69, 9.17) is 4.74 Å². The Balaban J connectivity index is 1.56. The molecule has 8 heteroatoms. The number of nitrogens with zero attached hydrogens (tertiary/aromatic N) is 2. The highest BCUT2D eigenvalue weighted by molar-refractivity contribution is 5.65. The fraction of sp³-hybridized carbons (Fsp3) is 0.318. The smallest absolute Gasteiger partial charge is 0.355 e. The van der Waals surface area contributed by atoms with Gasteiger partial charge in [0, 0.05) is 24.8 Å². The number of H-pyrrole nitrogens is 1. The first kappa shape index (κ1) is 20.0. The van der Waals surface area contributed by atoms with Crippen LogP contribution in [0.25, 0.3) is 11.1 Å². The SMILES string of the molecule is C[C@H](Nc1nc(=O)n(C2CCOCC2)c(=O)[nH]1)c1cccc(-c2ccccc2F)c1. The molecular formula is C22H23FN4O3. The summed E-state index contributed by atoms with van der Waals surface area (Å²) in [7, 11) is 0. The molecule has 2 heterocycles. The van der Waals surface area contributed by atoms with Crippen LogP contribution in [-0.4, -0.2) is 27.7 Å². The Kier molecular flexibility index (Phi) is 5.76. The predicted octanol–water partition coefficient (Wildman–Crippen LogP) is 3.26. The molecule has 1 atom stereocenters. The number of hydrogen-bond donors (Lipinski definition) is 2. The Hall–Kier alpha value is -3.26. The molecule has 0 aliphatic carbocycles. The lowest BCUT2D eigenvalue weighted by atomic mass is 10.00. The average molecular weight is 410 g/mol. The van der Waals surface area contributed by atoms with Crippen LogP contribution in [0.2, 0.25) is 0 Å². The minimum Gasteiger partial charge on any atom is -0.381 e. The molecule has 0 saturated carbocycles. The zero-order valence-corrected chi connectivity index (χ0v) is 16.6. The van der Waals surface area contributed by atoms with Crippen LogP contribution in [0.3, 0.4) is 0 Å². The minimum atomic E-state index is -0.583. The van der Waals surface area contributed by atoms with Gasteiger partial charge in [0.25, 0.3) is 0 Å². The molecule has 7 nitrogen and oxygen atoms in total. The van der Waals surface area contributed by atoms with E-state index in [-0.39, 0.29) is 23.8 Å². The van der Waals surface area contributed by atoms with Gasteiger partial charge in [-0.2, -0.15) is 4.98 Å². The quantitative estimate of drug-likeness (QED) is 0.674. The summed E-state index contributed by atoms with van der Waals surface area (Å²) in [5, 5.41) is 3.06. The van der Waals surface area contributed by atoms with Gasteiger partial charge in [-0.15, -0.1) is 0 Å². The van der Waals surface area contributed by atoms with Gasteiger partial charge in [-0.1, -0.05) is 36.4 Å². The van der Waals surface area contributed by atoms with Crippen molar-refractivity contribution in [3.8, 4) is 11.1 Å². The third-order valence-electron chi connectivity index (χ3n) is 5.34. The highest BCUT2D eigenvalue weighted by atomic mass is 19.1. The summed E-state index contributed by atoms with van der Waals surface area (Å²) < 4.78 is 20.6. The van der Waals surface area contributed by atoms with Crippen molar-refractivity contribution in [1.29, 1.82) is 0 Å². The standard InChI is InChI=1S/C22H23FN4O3/c1-14(15-5-4-6-16(13-15)18-7-2-3-8-19(18)23)24-20-25-21(28)27(22(29)26-20)17-9-11-30-12-10-17/h2-8,13-14,17H,9-12H2,1H3,(H2,24,25,26,28,29)/t14-/m0/s1. The molecule has 2 N–H and O–H groups in total. The summed E-state index contributed by atoms with van der Waals surface area (Å²) in [6.07, 6.45) is 1.22. The average Bonchev–Trinajstić information content (AvgIpc) is 2.74. The molecule has 1 aliphatic heterocycles. The van der Waals surface area contributed by atoms with Crippen LogP contribution in [0.1, 0.15) is 37.4 Å². The number of nitrogens with one attached hydrogen (secondary N) is 2. The molecule has 0 spiro atoms. The van der Waals surface area contributed by atoms with E-state index in [0.717, 1.165) is 15.7 Å². The number of hydrogen-bond acceptors (Lipinski definition) is 5. The first-order valence-electron chi connectivity index (χ1n) is 9.95. The largest absolute Gasteiger partial charge is 0.381 e. The molecule has 156 valence electrons. The van der Waals surface area contributed by atoms with Gasteiger partial charge in [0.2, 0.25) is 5.95 Å². The molecule has 1 aliphatic rings. The molecule has 2 aromatic carbocycles. The Bertz CT molecular complexity index is 1120. The first-order chi connectivity index (χ1) is 14.5. The summed E-state index contributed by atoms with van der Waals surface area (Å²) in [5.41, 5.74) is 1.05. The van der Waals surface area contributed by atoms with Crippen LogP contribution in [0.4, 0.5) is 10.3 Å². The monoisotopic (exact) mass is 410 g/mol. The molecule has 0 amide bonds. The van der Waals surface area contributed by atoms with Crippen LogP contribution in [0, 0.1) is 5.82 Å². The summed E-state index contributed by atoms with van der Waals surface area (Å²) in [5.74, 6) is -0.185. The molecule has 1 fully saturated rings. The van der Waals surface area contributed by atoms with Gasteiger partial charge in [-0.3, -0.25) is 4.98 Å². The Morgan fingerprint density at radius 2 is 1.93 bits per heavy atom. The highest BCUT2D eigenvalue weighted by Gasteiger charge is 2.20. The van der Waals surface area contributed by atoms with E-state index < -0.39 is 11.4 Å². The van der Waals surface area contributed by atoms with Crippen molar-refractivity contribution in [3.63, 3.8) is 0 Å². The highest BCUT2D eigenvalue weighted by Crippen LogP contribution is 2.26. The second-order valence-corrected chi connectivity index (χ2v) is 7.36. The maximum Gasteiger partial charge on any atom is 0.355 e. The van der Waals surface area contributed by atoms with Crippen LogP contribution in [-0.2, 0) is 4.74 Å². The third-order valence-corrected chi connectivity index (χ3v) is 5.34. The number of benzene rings is 2. The Morgan fingerprint density at radius 1 is 1.17 bits per heavy atom. The van der Waals surface area contributed by atoms with E-state index in [0.29, 0.717) is 31.6 Å². The second-order valence-electron chi connectivity index (χ2n) is 7.36. The maximum atomic E-state index is 14.1. The van der Waals surface area contributed by atoms with Gasteiger partial charge < -0.3 is 10.1 Å². The molecule has 1 aromatic heterocycles. The van der Waals surface area contributed by atoms with Crippen molar-refractivity contribution in [2.75, 3.05) is 18.5 Å². The van der Waals surface area contributed by atoms with Crippen LogP contribution in [0.5, 0.6) is 0 Å². The molecule has 0 radical (unpaired) electrons. The lowest BCUT2D eigenvalue weighted by Crippen LogP contribution is -2.42. The van der Waals surface area contributed by atoms with E-state index >= 15 is 0 Å². The van der Waals surface area contributed by atoms with E-state index in [1.165, 1.54) is 6.07 Å².